The summed E-state index contributed by atoms with van der Waals surface area (Å²) in [6.45, 7) is 2.56. The minimum absolute atomic E-state index is 0.142. The number of nitrogens with one attached hydrogen (secondary N) is 1. The van der Waals surface area contributed by atoms with Gasteiger partial charge in [-0.1, -0.05) is 0 Å². The molecule has 0 aromatic heterocycles. The summed E-state index contributed by atoms with van der Waals surface area (Å²) in [5.41, 5.74) is 0. The van der Waals surface area contributed by atoms with Gasteiger partial charge in [0.15, 0.2) is 0 Å². The second-order valence-electron chi connectivity index (χ2n) is 4.93. The van der Waals surface area contributed by atoms with E-state index in [0.29, 0.717) is 19.6 Å². The van der Waals surface area contributed by atoms with Crippen LogP contribution in [0.4, 0.5) is 0 Å². The molecule has 2 bridgehead atoms. The lowest BCUT2D eigenvalue weighted by atomic mass is 10.2. The standard InChI is InChI=1S/C10H18N2O3S/c13-16(14,10-3-4-11-5-10)12-6-8-1-2-9(7-12)15-8/h8-11H,1-7H2. The Balaban J connectivity index is 1.76. The molecule has 0 amide bonds. The molecule has 0 spiro atoms. The molecular formula is C10H18N2O3S. The zero-order chi connectivity index (χ0) is 11.2. The van der Waals surface area contributed by atoms with Gasteiger partial charge in [-0.15, -0.1) is 0 Å². The number of hydrogen-bond donors (Lipinski definition) is 1. The Morgan fingerprint density at radius 3 is 2.38 bits per heavy atom. The molecule has 1 N–H and O–H groups in total. The Hall–Kier alpha value is -0.170. The summed E-state index contributed by atoms with van der Waals surface area (Å²) in [5.74, 6) is 0. The van der Waals surface area contributed by atoms with Crippen molar-refractivity contribution < 1.29 is 13.2 Å². The van der Waals surface area contributed by atoms with Crippen molar-refractivity contribution in [3.63, 3.8) is 0 Å². The molecule has 0 saturated carbocycles. The van der Waals surface area contributed by atoms with E-state index in [4.69, 9.17) is 4.74 Å². The minimum atomic E-state index is -3.10. The summed E-state index contributed by atoms with van der Waals surface area (Å²) in [4.78, 5) is 0. The molecule has 0 aromatic carbocycles. The highest BCUT2D eigenvalue weighted by Gasteiger charge is 2.42. The largest absolute Gasteiger partial charge is 0.372 e. The molecule has 6 heteroatoms. The molecule has 3 aliphatic heterocycles. The van der Waals surface area contributed by atoms with Gasteiger partial charge in [0.25, 0.3) is 0 Å². The molecule has 92 valence electrons. The number of ether oxygens (including phenoxy) is 1. The molecule has 3 atom stereocenters. The molecule has 0 radical (unpaired) electrons. The van der Waals surface area contributed by atoms with Gasteiger partial charge in [0.05, 0.1) is 17.5 Å². The van der Waals surface area contributed by atoms with Crippen LogP contribution in [0.25, 0.3) is 0 Å². The van der Waals surface area contributed by atoms with Gasteiger partial charge < -0.3 is 10.1 Å². The van der Waals surface area contributed by atoms with Crippen molar-refractivity contribution in [1.82, 2.24) is 9.62 Å². The van der Waals surface area contributed by atoms with Crippen LogP contribution in [0.3, 0.4) is 0 Å². The summed E-state index contributed by atoms with van der Waals surface area (Å²) < 4.78 is 32.0. The number of hydrogen-bond acceptors (Lipinski definition) is 4. The van der Waals surface area contributed by atoms with Crippen molar-refractivity contribution in [3.8, 4) is 0 Å². The Bertz CT molecular complexity index is 352. The van der Waals surface area contributed by atoms with Crippen molar-refractivity contribution in [1.29, 1.82) is 0 Å². The Kier molecular flexibility index (Phi) is 2.70. The number of sulfonamides is 1. The molecule has 3 rings (SSSR count). The molecule has 3 heterocycles. The van der Waals surface area contributed by atoms with E-state index < -0.39 is 10.0 Å². The first kappa shape index (κ1) is 11.0. The number of fused-ring (bicyclic) bond motifs is 2. The van der Waals surface area contributed by atoms with Crippen LogP contribution in [-0.4, -0.2) is 56.4 Å². The minimum Gasteiger partial charge on any atom is -0.372 e. The topological polar surface area (TPSA) is 58.6 Å². The molecule has 0 aliphatic carbocycles. The first-order valence-corrected chi connectivity index (χ1v) is 7.52. The lowest BCUT2D eigenvalue weighted by Crippen LogP contribution is -2.49. The SMILES string of the molecule is O=S(=O)(C1CCNC1)N1CC2CCC(C1)O2. The maximum Gasteiger partial charge on any atom is 0.218 e. The molecule has 5 nitrogen and oxygen atoms in total. The van der Waals surface area contributed by atoms with Gasteiger partial charge in [-0.25, -0.2) is 8.42 Å². The number of morpholine rings is 1. The number of nitrogens with zero attached hydrogens (tertiary/aromatic N) is 1. The highest BCUT2D eigenvalue weighted by molar-refractivity contribution is 7.89. The van der Waals surface area contributed by atoms with Crippen molar-refractivity contribution in [2.24, 2.45) is 0 Å². The van der Waals surface area contributed by atoms with Crippen LogP contribution in [0.15, 0.2) is 0 Å². The normalized spacial score (nSPS) is 40.4. The second-order valence-corrected chi connectivity index (χ2v) is 7.15. The summed E-state index contributed by atoms with van der Waals surface area (Å²) in [5, 5.41) is 2.90. The van der Waals surface area contributed by atoms with Crippen LogP contribution in [0.2, 0.25) is 0 Å². The van der Waals surface area contributed by atoms with Gasteiger partial charge in [0.1, 0.15) is 0 Å². The maximum absolute atomic E-state index is 12.3. The first-order chi connectivity index (χ1) is 7.66. The van der Waals surface area contributed by atoms with Crippen LogP contribution in [0.5, 0.6) is 0 Å². The van der Waals surface area contributed by atoms with E-state index in [9.17, 15) is 8.42 Å². The molecule has 3 fully saturated rings. The van der Waals surface area contributed by atoms with Crippen LogP contribution in [-0.2, 0) is 14.8 Å². The smallest absolute Gasteiger partial charge is 0.218 e. The predicted octanol–water partition coefficient (Wildman–Crippen LogP) is -0.459. The van der Waals surface area contributed by atoms with Crippen molar-refractivity contribution in [2.75, 3.05) is 26.2 Å². The third-order valence-electron chi connectivity index (χ3n) is 3.81. The van der Waals surface area contributed by atoms with E-state index in [1.54, 1.807) is 4.31 Å². The van der Waals surface area contributed by atoms with E-state index in [1.807, 2.05) is 0 Å². The summed E-state index contributed by atoms with van der Waals surface area (Å²) in [6.07, 6.45) is 3.06. The molecule has 3 unspecified atom stereocenters. The van der Waals surface area contributed by atoms with Gasteiger partial charge in [-0.3, -0.25) is 0 Å². The lowest BCUT2D eigenvalue weighted by Gasteiger charge is -2.32. The van der Waals surface area contributed by atoms with Crippen LogP contribution in [0.1, 0.15) is 19.3 Å². The second kappa shape index (κ2) is 3.94. The average molecular weight is 246 g/mol. The summed E-state index contributed by atoms with van der Waals surface area (Å²) in [6, 6.07) is 0. The Labute approximate surface area is 96.2 Å². The quantitative estimate of drug-likeness (QED) is 0.716. The zero-order valence-electron chi connectivity index (χ0n) is 9.26. The fourth-order valence-corrected chi connectivity index (χ4v) is 4.79. The highest BCUT2D eigenvalue weighted by atomic mass is 32.2. The lowest BCUT2D eigenvalue weighted by molar-refractivity contribution is -0.0116. The van der Waals surface area contributed by atoms with E-state index in [1.165, 1.54) is 0 Å². The predicted molar refractivity (Wildman–Crippen MR) is 59.7 cm³/mol. The molecule has 3 saturated heterocycles. The molecule has 16 heavy (non-hydrogen) atoms. The first-order valence-electron chi connectivity index (χ1n) is 6.01. The van der Waals surface area contributed by atoms with Gasteiger partial charge in [0, 0.05) is 19.6 Å². The van der Waals surface area contributed by atoms with Gasteiger partial charge in [-0.05, 0) is 25.8 Å². The third kappa shape index (κ3) is 1.77. The van der Waals surface area contributed by atoms with Gasteiger partial charge in [-0.2, -0.15) is 4.31 Å². The van der Waals surface area contributed by atoms with E-state index in [2.05, 4.69) is 5.32 Å². The van der Waals surface area contributed by atoms with Crippen LogP contribution in [0, 0.1) is 0 Å². The van der Waals surface area contributed by atoms with Gasteiger partial charge in [0.2, 0.25) is 10.0 Å². The van der Waals surface area contributed by atoms with E-state index >= 15 is 0 Å². The molecule has 0 aromatic rings. The molecule has 3 aliphatic rings. The molecular weight excluding hydrogens is 228 g/mol. The Morgan fingerprint density at radius 1 is 1.12 bits per heavy atom. The summed E-state index contributed by atoms with van der Waals surface area (Å²) in [7, 11) is -3.10. The fourth-order valence-electron chi connectivity index (χ4n) is 2.88. The number of rotatable bonds is 2. The van der Waals surface area contributed by atoms with E-state index in [-0.39, 0.29) is 17.5 Å². The van der Waals surface area contributed by atoms with Crippen molar-refractivity contribution in [3.05, 3.63) is 0 Å². The highest BCUT2D eigenvalue weighted by Crippen LogP contribution is 2.29. The Morgan fingerprint density at radius 2 is 1.81 bits per heavy atom. The van der Waals surface area contributed by atoms with Crippen molar-refractivity contribution >= 4 is 10.0 Å². The fraction of sp³-hybridized carbons (Fsp3) is 1.00. The zero-order valence-corrected chi connectivity index (χ0v) is 10.1. The average Bonchev–Trinajstić information content (AvgIpc) is 2.88. The monoisotopic (exact) mass is 246 g/mol. The summed E-state index contributed by atoms with van der Waals surface area (Å²) >= 11 is 0. The maximum atomic E-state index is 12.3. The van der Waals surface area contributed by atoms with Gasteiger partial charge >= 0.3 is 0 Å². The van der Waals surface area contributed by atoms with Crippen LogP contribution < -0.4 is 5.32 Å². The van der Waals surface area contributed by atoms with Crippen molar-refractivity contribution in [2.45, 2.75) is 36.7 Å². The van der Waals surface area contributed by atoms with Crippen LogP contribution >= 0.6 is 0 Å². The van der Waals surface area contributed by atoms with E-state index in [0.717, 1.165) is 25.8 Å². The third-order valence-corrected chi connectivity index (χ3v) is 6.07.